The Labute approximate surface area is 107 Å². The van der Waals surface area contributed by atoms with E-state index < -0.39 is 0 Å². The summed E-state index contributed by atoms with van der Waals surface area (Å²) >= 11 is 12.2. The fourth-order valence-corrected chi connectivity index (χ4v) is 1.97. The lowest BCUT2D eigenvalue weighted by Gasteiger charge is -2.25. The van der Waals surface area contributed by atoms with Gasteiger partial charge in [-0.3, -0.25) is 0 Å². The molecule has 90 valence electrons. The summed E-state index contributed by atoms with van der Waals surface area (Å²) in [5.41, 5.74) is 0.826. The number of halogens is 2. The van der Waals surface area contributed by atoms with Gasteiger partial charge in [-0.15, -0.1) is 0 Å². The first kappa shape index (κ1) is 13.8. The van der Waals surface area contributed by atoms with E-state index in [2.05, 4.69) is 19.2 Å². The predicted molar refractivity (Wildman–Crippen MR) is 69.3 cm³/mol. The van der Waals surface area contributed by atoms with E-state index >= 15 is 0 Å². The maximum atomic E-state index is 6.08. The number of ether oxygens (including phenoxy) is 1. The highest BCUT2D eigenvalue weighted by Crippen LogP contribution is 2.24. The molecular weight excluding hydrogens is 245 g/mol. The van der Waals surface area contributed by atoms with E-state index in [-0.39, 0.29) is 5.54 Å². The van der Waals surface area contributed by atoms with Gasteiger partial charge in [0.25, 0.3) is 0 Å². The largest absolute Gasteiger partial charge is 0.383 e. The Kier molecular flexibility index (Phi) is 5.06. The Morgan fingerprint density at radius 1 is 1.25 bits per heavy atom. The third kappa shape index (κ3) is 3.95. The van der Waals surface area contributed by atoms with E-state index in [1.54, 1.807) is 7.11 Å². The van der Waals surface area contributed by atoms with Crippen LogP contribution in [0.25, 0.3) is 0 Å². The molecule has 0 amide bonds. The van der Waals surface area contributed by atoms with Crippen molar-refractivity contribution in [3.63, 3.8) is 0 Å². The van der Waals surface area contributed by atoms with E-state index in [0.29, 0.717) is 23.2 Å². The zero-order valence-electron chi connectivity index (χ0n) is 9.81. The number of rotatable bonds is 5. The Morgan fingerprint density at radius 3 is 2.31 bits per heavy atom. The molecule has 0 saturated heterocycles. The van der Waals surface area contributed by atoms with Crippen molar-refractivity contribution in [3.8, 4) is 0 Å². The topological polar surface area (TPSA) is 21.3 Å². The average Bonchev–Trinajstić information content (AvgIpc) is 2.16. The Hall–Kier alpha value is -0.280. The van der Waals surface area contributed by atoms with Gasteiger partial charge in [-0.25, -0.2) is 0 Å². The van der Waals surface area contributed by atoms with Crippen LogP contribution in [-0.4, -0.2) is 19.3 Å². The van der Waals surface area contributed by atoms with Crippen molar-refractivity contribution in [2.75, 3.05) is 13.7 Å². The predicted octanol–water partition coefficient (Wildman–Crippen LogP) is 3.51. The Morgan fingerprint density at radius 2 is 1.81 bits per heavy atom. The van der Waals surface area contributed by atoms with Crippen molar-refractivity contribution >= 4 is 23.2 Å². The minimum Gasteiger partial charge on any atom is -0.383 e. The van der Waals surface area contributed by atoms with Crippen LogP contribution < -0.4 is 5.32 Å². The molecule has 4 heteroatoms. The minimum absolute atomic E-state index is 0.1000. The number of hydrogen-bond donors (Lipinski definition) is 1. The zero-order valence-corrected chi connectivity index (χ0v) is 11.3. The van der Waals surface area contributed by atoms with Crippen LogP contribution in [0, 0.1) is 0 Å². The summed E-state index contributed by atoms with van der Waals surface area (Å²) in [5, 5.41) is 4.74. The molecule has 1 N–H and O–H groups in total. The van der Waals surface area contributed by atoms with Gasteiger partial charge in [0.1, 0.15) is 0 Å². The van der Waals surface area contributed by atoms with Crippen molar-refractivity contribution in [1.29, 1.82) is 0 Å². The monoisotopic (exact) mass is 261 g/mol. The van der Waals surface area contributed by atoms with Crippen LogP contribution in [0.4, 0.5) is 0 Å². The van der Waals surface area contributed by atoms with Gasteiger partial charge in [0.15, 0.2) is 0 Å². The van der Waals surface area contributed by atoms with Crippen LogP contribution in [0.15, 0.2) is 18.2 Å². The van der Waals surface area contributed by atoms with Gasteiger partial charge in [0.05, 0.1) is 6.61 Å². The van der Waals surface area contributed by atoms with Gasteiger partial charge in [-0.1, -0.05) is 29.3 Å². The van der Waals surface area contributed by atoms with Crippen LogP contribution in [0.3, 0.4) is 0 Å². The molecule has 0 aliphatic heterocycles. The molecule has 0 aliphatic carbocycles. The number of methoxy groups -OCH3 is 1. The van der Waals surface area contributed by atoms with Gasteiger partial charge in [0.2, 0.25) is 0 Å². The third-order valence-electron chi connectivity index (χ3n) is 2.31. The van der Waals surface area contributed by atoms with Crippen molar-refractivity contribution in [2.45, 2.75) is 25.9 Å². The first-order chi connectivity index (χ1) is 7.46. The molecule has 0 aliphatic rings. The van der Waals surface area contributed by atoms with Crippen LogP contribution in [-0.2, 0) is 11.3 Å². The number of benzene rings is 1. The van der Waals surface area contributed by atoms with E-state index in [9.17, 15) is 0 Å². The van der Waals surface area contributed by atoms with Gasteiger partial charge in [0, 0.05) is 34.8 Å². The fraction of sp³-hybridized carbons (Fsp3) is 0.500. The second-order valence-electron chi connectivity index (χ2n) is 4.37. The summed E-state index contributed by atoms with van der Waals surface area (Å²) < 4.78 is 5.13. The summed E-state index contributed by atoms with van der Waals surface area (Å²) in [4.78, 5) is 0. The Bertz CT molecular complexity index is 333. The molecule has 1 aromatic carbocycles. The molecule has 0 spiro atoms. The molecule has 0 atom stereocenters. The highest BCUT2D eigenvalue weighted by Gasteiger charge is 2.17. The molecule has 0 saturated carbocycles. The molecule has 16 heavy (non-hydrogen) atoms. The van der Waals surface area contributed by atoms with E-state index in [1.807, 2.05) is 18.2 Å². The Balaban J connectivity index is 2.68. The van der Waals surface area contributed by atoms with Crippen molar-refractivity contribution in [2.24, 2.45) is 0 Å². The first-order valence-electron chi connectivity index (χ1n) is 5.13. The summed E-state index contributed by atoms with van der Waals surface area (Å²) in [7, 11) is 1.69. The molecule has 2 nitrogen and oxygen atoms in total. The molecule has 0 heterocycles. The van der Waals surface area contributed by atoms with Gasteiger partial charge in [-0.05, 0) is 26.0 Å². The SMILES string of the molecule is COCC(C)(C)NCc1c(Cl)cccc1Cl. The molecule has 1 aromatic rings. The summed E-state index contributed by atoms with van der Waals surface area (Å²) in [6.07, 6.45) is 0. The lowest BCUT2D eigenvalue weighted by Crippen LogP contribution is -2.42. The molecule has 0 radical (unpaired) electrons. The minimum atomic E-state index is -0.1000. The number of nitrogens with one attached hydrogen (secondary N) is 1. The van der Waals surface area contributed by atoms with Crippen molar-refractivity contribution in [3.05, 3.63) is 33.8 Å². The van der Waals surface area contributed by atoms with Crippen LogP contribution >= 0.6 is 23.2 Å². The standard InChI is InChI=1S/C12H17Cl2NO/c1-12(2,8-16-3)15-7-9-10(13)5-4-6-11(9)14/h4-6,15H,7-8H2,1-3H3. The van der Waals surface area contributed by atoms with Crippen LogP contribution in [0.1, 0.15) is 19.4 Å². The van der Waals surface area contributed by atoms with E-state index in [0.717, 1.165) is 5.56 Å². The third-order valence-corrected chi connectivity index (χ3v) is 3.02. The molecule has 0 fully saturated rings. The van der Waals surface area contributed by atoms with Gasteiger partial charge >= 0.3 is 0 Å². The first-order valence-corrected chi connectivity index (χ1v) is 5.89. The highest BCUT2D eigenvalue weighted by molar-refractivity contribution is 6.35. The maximum absolute atomic E-state index is 6.08. The second kappa shape index (κ2) is 5.87. The highest BCUT2D eigenvalue weighted by atomic mass is 35.5. The lowest BCUT2D eigenvalue weighted by atomic mass is 10.1. The maximum Gasteiger partial charge on any atom is 0.0639 e. The van der Waals surface area contributed by atoms with E-state index in [4.69, 9.17) is 27.9 Å². The number of hydrogen-bond acceptors (Lipinski definition) is 2. The summed E-state index contributed by atoms with van der Waals surface area (Å²) in [6.45, 7) is 5.41. The smallest absolute Gasteiger partial charge is 0.0639 e. The summed E-state index contributed by atoms with van der Waals surface area (Å²) in [5.74, 6) is 0. The molecule has 0 bridgehead atoms. The lowest BCUT2D eigenvalue weighted by molar-refractivity contribution is 0.128. The average molecular weight is 262 g/mol. The quantitative estimate of drug-likeness (QED) is 0.876. The molecule has 0 aromatic heterocycles. The molecular formula is C12H17Cl2NO. The van der Waals surface area contributed by atoms with Gasteiger partial charge < -0.3 is 10.1 Å². The molecule has 1 rings (SSSR count). The zero-order chi connectivity index (χ0) is 12.2. The normalized spacial score (nSPS) is 11.8. The fourth-order valence-electron chi connectivity index (χ4n) is 1.44. The van der Waals surface area contributed by atoms with Crippen LogP contribution in [0.5, 0.6) is 0 Å². The van der Waals surface area contributed by atoms with Crippen molar-refractivity contribution < 1.29 is 4.74 Å². The second-order valence-corrected chi connectivity index (χ2v) is 5.19. The summed E-state index contributed by atoms with van der Waals surface area (Å²) in [6, 6.07) is 5.52. The van der Waals surface area contributed by atoms with Crippen molar-refractivity contribution in [1.82, 2.24) is 5.32 Å². The van der Waals surface area contributed by atoms with Crippen LogP contribution in [0.2, 0.25) is 10.0 Å². The van der Waals surface area contributed by atoms with E-state index in [1.165, 1.54) is 0 Å². The van der Waals surface area contributed by atoms with Gasteiger partial charge in [-0.2, -0.15) is 0 Å². The molecule has 0 unspecified atom stereocenters.